The first-order chi connectivity index (χ1) is 8.45. The number of nitro benzene ring substituents is 1. The summed E-state index contributed by atoms with van der Waals surface area (Å²) in [5, 5.41) is 19.7. The van der Waals surface area contributed by atoms with E-state index in [1.54, 1.807) is 24.0 Å². The van der Waals surface area contributed by atoms with E-state index < -0.39 is 10.9 Å². The summed E-state index contributed by atoms with van der Waals surface area (Å²) in [5.74, 6) is -0.914. The highest BCUT2D eigenvalue weighted by molar-refractivity contribution is 5.69. The number of hydrogen-bond donors (Lipinski definition) is 1. The van der Waals surface area contributed by atoms with E-state index in [9.17, 15) is 14.9 Å². The lowest BCUT2D eigenvalue weighted by molar-refractivity contribution is -0.384. The van der Waals surface area contributed by atoms with Crippen LogP contribution in [0.25, 0.3) is 0 Å². The summed E-state index contributed by atoms with van der Waals surface area (Å²) in [6, 6.07) is 4.95. The number of rotatable bonds is 6. The van der Waals surface area contributed by atoms with Crippen molar-refractivity contribution in [3.8, 4) is 0 Å². The van der Waals surface area contributed by atoms with Gasteiger partial charge in [0.1, 0.15) is 5.69 Å². The Morgan fingerprint density at radius 2 is 2.17 bits per heavy atom. The van der Waals surface area contributed by atoms with Crippen molar-refractivity contribution in [3.05, 3.63) is 33.9 Å². The molecule has 0 heterocycles. The maximum absolute atomic E-state index is 11.0. The highest BCUT2D eigenvalue weighted by atomic mass is 16.6. The van der Waals surface area contributed by atoms with Crippen LogP contribution < -0.4 is 4.90 Å². The number of nitro groups is 1. The highest BCUT2D eigenvalue weighted by Crippen LogP contribution is 2.29. The van der Waals surface area contributed by atoms with Crippen molar-refractivity contribution in [2.45, 2.75) is 20.3 Å². The van der Waals surface area contributed by atoms with E-state index in [0.29, 0.717) is 12.2 Å². The molecule has 0 bridgehead atoms. The van der Waals surface area contributed by atoms with Gasteiger partial charge >= 0.3 is 5.97 Å². The molecule has 0 atom stereocenters. The average Bonchev–Trinajstić information content (AvgIpc) is 2.30. The molecular formula is C12H16N2O4. The molecule has 0 aliphatic rings. The van der Waals surface area contributed by atoms with Crippen LogP contribution in [-0.2, 0) is 4.79 Å². The smallest absolute Gasteiger partial charge is 0.305 e. The monoisotopic (exact) mass is 252 g/mol. The molecule has 18 heavy (non-hydrogen) atoms. The van der Waals surface area contributed by atoms with Crippen molar-refractivity contribution in [2.75, 3.05) is 18.0 Å². The van der Waals surface area contributed by atoms with Gasteiger partial charge in [0, 0.05) is 19.2 Å². The van der Waals surface area contributed by atoms with Crippen LogP contribution in [0, 0.1) is 17.0 Å². The summed E-state index contributed by atoms with van der Waals surface area (Å²) >= 11 is 0. The summed E-state index contributed by atoms with van der Waals surface area (Å²) in [6.45, 7) is 4.41. The molecule has 0 aliphatic heterocycles. The van der Waals surface area contributed by atoms with E-state index in [2.05, 4.69) is 0 Å². The van der Waals surface area contributed by atoms with E-state index in [0.717, 1.165) is 5.56 Å². The van der Waals surface area contributed by atoms with Gasteiger partial charge in [0.25, 0.3) is 5.69 Å². The van der Waals surface area contributed by atoms with E-state index in [1.807, 2.05) is 6.92 Å². The van der Waals surface area contributed by atoms with E-state index >= 15 is 0 Å². The molecular weight excluding hydrogens is 236 g/mol. The molecule has 1 aromatic rings. The summed E-state index contributed by atoms with van der Waals surface area (Å²) in [6.07, 6.45) is -0.0428. The maximum Gasteiger partial charge on any atom is 0.305 e. The number of aliphatic carboxylic acids is 1. The molecule has 6 heteroatoms. The van der Waals surface area contributed by atoms with Crippen molar-refractivity contribution in [1.82, 2.24) is 0 Å². The molecule has 0 aromatic heterocycles. The second-order valence-corrected chi connectivity index (χ2v) is 3.97. The number of benzene rings is 1. The van der Waals surface area contributed by atoms with Gasteiger partial charge in [-0.3, -0.25) is 14.9 Å². The van der Waals surface area contributed by atoms with E-state index in [1.165, 1.54) is 6.07 Å². The molecule has 6 nitrogen and oxygen atoms in total. The molecule has 1 N–H and O–H groups in total. The number of aryl methyl sites for hydroxylation is 1. The first-order valence-corrected chi connectivity index (χ1v) is 5.67. The fourth-order valence-corrected chi connectivity index (χ4v) is 1.73. The fraction of sp³-hybridized carbons (Fsp3) is 0.417. The average molecular weight is 252 g/mol. The van der Waals surface area contributed by atoms with Crippen LogP contribution in [0.2, 0.25) is 0 Å². The van der Waals surface area contributed by atoms with Crippen LogP contribution in [0.15, 0.2) is 18.2 Å². The van der Waals surface area contributed by atoms with Gasteiger partial charge in [-0.15, -0.1) is 0 Å². The van der Waals surface area contributed by atoms with Crippen LogP contribution >= 0.6 is 0 Å². The summed E-state index contributed by atoms with van der Waals surface area (Å²) < 4.78 is 0. The topological polar surface area (TPSA) is 83.7 Å². The Morgan fingerprint density at radius 1 is 1.50 bits per heavy atom. The third-order valence-electron chi connectivity index (χ3n) is 2.65. The number of carbonyl (C=O) groups is 1. The van der Waals surface area contributed by atoms with Crippen LogP contribution in [0.5, 0.6) is 0 Å². The number of carboxylic acid groups (broad SMARTS) is 1. The lowest BCUT2D eigenvalue weighted by Gasteiger charge is -2.22. The van der Waals surface area contributed by atoms with Gasteiger partial charge in [0.05, 0.1) is 11.3 Å². The van der Waals surface area contributed by atoms with Crippen molar-refractivity contribution in [3.63, 3.8) is 0 Å². The minimum Gasteiger partial charge on any atom is -0.481 e. The van der Waals surface area contributed by atoms with E-state index in [-0.39, 0.29) is 18.7 Å². The molecule has 0 saturated carbocycles. The zero-order valence-corrected chi connectivity index (χ0v) is 10.4. The van der Waals surface area contributed by atoms with Crippen molar-refractivity contribution < 1.29 is 14.8 Å². The van der Waals surface area contributed by atoms with Crippen molar-refractivity contribution in [1.29, 1.82) is 0 Å². The largest absolute Gasteiger partial charge is 0.481 e. The van der Waals surface area contributed by atoms with Crippen molar-refractivity contribution in [2.24, 2.45) is 0 Å². The van der Waals surface area contributed by atoms with Crippen molar-refractivity contribution >= 4 is 17.3 Å². The predicted octanol–water partition coefficient (Wildman–Crippen LogP) is 2.20. The molecule has 0 radical (unpaired) electrons. The number of nitrogens with zero attached hydrogens (tertiary/aromatic N) is 2. The molecule has 1 aromatic carbocycles. The molecule has 0 unspecified atom stereocenters. The van der Waals surface area contributed by atoms with Gasteiger partial charge < -0.3 is 10.0 Å². The Bertz CT molecular complexity index is 459. The predicted molar refractivity (Wildman–Crippen MR) is 68.0 cm³/mol. The van der Waals surface area contributed by atoms with Gasteiger partial charge in [-0.25, -0.2) is 0 Å². The summed E-state index contributed by atoms with van der Waals surface area (Å²) in [7, 11) is 0. The molecule has 1 rings (SSSR count). The summed E-state index contributed by atoms with van der Waals surface area (Å²) in [4.78, 5) is 22.8. The van der Waals surface area contributed by atoms with Crippen LogP contribution in [0.3, 0.4) is 0 Å². The van der Waals surface area contributed by atoms with Gasteiger partial charge in [0.15, 0.2) is 0 Å². The van der Waals surface area contributed by atoms with Gasteiger partial charge in [-0.05, 0) is 25.5 Å². The van der Waals surface area contributed by atoms with Gasteiger partial charge in [-0.2, -0.15) is 0 Å². The Morgan fingerprint density at radius 3 is 2.67 bits per heavy atom. The number of anilines is 1. The standard InChI is InChI=1S/C12H16N2O4/c1-3-13(7-6-12(15)16)10-5-4-9(2)8-11(10)14(17)18/h4-5,8H,3,6-7H2,1-2H3,(H,15,16). The second kappa shape index (κ2) is 6.00. The third-order valence-corrected chi connectivity index (χ3v) is 2.65. The molecule has 0 fully saturated rings. The lowest BCUT2D eigenvalue weighted by Crippen LogP contribution is -2.26. The minimum atomic E-state index is -0.914. The number of hydrogen-bond acceptors (Lipinski definition) is 4. The minimum absolute atomic E-state index is 0.0160. The quantitative estimate of drug-likeness (QED) is 0.619. The molecule has 0 spiro atoms. The molecule has 0 aliphatic carbocycles. The molecule has 0 saturated heterocycles. The SMILES string of the molecule is CCN(CCC(=O)O)c1ccc(C)cc1[N+](=O)[O-]. The molecule has 0 amide bonds. The van der Waals surface area contributed by atoms with Crippen LogP contribution in [0.4, 0.5) is 11.4 Å². The lowest BCUT2D eigenvalue weighted by atomic mass is 10.1. The van der Waals surface area contributed by atoms with Gasteiger partial charge in [0.2, 0.25) is 0 Å². The zero-order chi connectivity index (χ0) is 13.7. The number of carboxylic acids is 1. The normalized spacial score (nSPS) is 10.1. The Kier molecular flexibility index (Phi) is 4.65. The first kappa shape index (κ1) is 14.0. The fourth-order valence-electron chi connectivity index (χ4n) is 1.73. The Balaban J connectivity index is 3.04. The summed E-state index contributed by atoms with van der Waals surface area (Å²) in [5.41, 5.74) is 1.29. The van der Waals surface area contributed by atoms with Gasteiger partial charge in [-0.1, -0.05) is 6.07 Å². The second-order valence-electron chi connectivity index (χ2n) is 3.97. The molecule has 98 valence electrons. The Labute approximate surface area is 105 Å². The highest BCUT2D eigenvalue weighted by Gasteiger charge is 2.18. The zero-order valence-electron chi connectivity index (χ0n) is 10.4. The van der Waals surface area contributed by atoms with Crippen LogP contribution in [-0.4, -0.2) is 29.1 Å². The van der Waals surface area contributed by atoms with E-state index in [4.69, 9.17) is 5.11 Å². The maximum atomic E-state index is 11.0. The third kappa shape index (κ3) is 3.44. The Hall–Kier alpha value is -2.11. The van der Waals surface area contributed by atoms with Crippen LogP contribution in [0.1, 0.15) is 18.9 Å². The first-order valence-electron chi connectivity index (χ1n) is 5.67.